The Balaban J connectivity index is 2.74. The molecule has 0 radical (unpaired) electrons. The van der Waals surface area contributed by atoms with Crippen LogP contribution in [0, 0.1) is 5.82 Å². The molecule has 0 aromatic heterocycles. The average molecular weight is 368 g/mol. The Morgan fingerprint density at radius 3 is 2.36 bits per heavy atom. The van der Waals surface area contributed by atoms with E-state index in [1.165, 1.54) is 18.2 Å². The van der Waals surface area contributed by atoms with Crippen molar-refractivity contribution in [1.82, 2.24) is 5.32 Å². The van der Waals surface area contributed by atoms with Crippen molar-refractivity contribution in [2.24, 2.45) is 0 Å². The minimum absolute atomic E-state index is 0.0312. The van der Waals surface area contributed by atoms with Crippen LogP contribution in [0.5, 0.6) is 0 Å². The number of carboxylic acid groups (broad SMARTS) is 1. The largest absolute Gasteiger partial charge is 0.478 e. The fourth-order valence-corrected chi connectivity index (χ4v) is 3.17. The maximum atomic E-state index is 14.5. The van der Waals surface area contributed by atoms with Crippen LogP contribution in [-0.2, 0) is 14.3 Å². The standard InChI is InChI=1S/C18H19ClFNO4/c1-8(2)25-18(24)14-10(4)21-9(3)13(17(22)23)16(14)15-11(19)6-5-7-12(15)20/h5-8,16,21H,1-4H3,(H,22,23). The van der Waals surface area contributed by atoms with E-state index < -0.39 is 29.8 Å². The normalized spacial score (nSPS) is 17.6. The number of carbonyl (C=O) groups excluding carboxylic acids is 1. The first-order valence-electron chi connectivity index (χ1n) is 7.71. The number of esters is 1. The summed E-state index contributed by atoms with van der Waals surface area (Å²) in [5, 5.41) is 12.6. The van der Waals surface area contributed by atoms with Gasteiger partial charge in [0.05, 0.1) is 23.2 Å². The van der Waals surface area contributed by atoms with E-state index in [4.69, 9.17) is 16.3 Å². The number of aliphatic carboxylic acids is 1. The first-order valence-corrected chi connectivity index (χ1v) is 8.09. The molecular formula is C18H19ClFNO4. The molecule has 0 aliphatic carbocycles. The summed E-state index contributed by atoms with van der Waals surface area (Å²) in [6, 6.07) is 4.05. The first kappa shape index (κ1) is 19.0. The quantitative estimate of drug-likeness (QED) is 0.793. The van der Waals surface area contributed by atoms with Crippen LogP contribution in [0.1, 0.15) is 39.2 Å². The molecular weight excluding hydrogens is 349 g/mol. The molecule has 25 heavy (non-hydrogen) atoms. The maximum Gasteiger partial charge on any atom is 0.337 e. The monoisotopic (exact) mass is 367 g/mol. The number of allylic oxidation sites excluding steroid dienone is 2. The lowest BCUT2D eigenvalue weighted by atomic mass is 9.80. The van der Waals surface area contributed by atoms with Crippen LogP contribution in [0.25, 0.3) is 0 Å². The second kappa shape index (κ2) is 7.27. The van der Waals surface area contributed by atoms with Crippen molar-refractivity contribution >= 4 is 23.5 Å². The summed E-state index contributed by atoms with van der Waals surface area (Å²) in [7, 11) is 0. The molecule has 0 spiro atoms. The summed E-state index contributed by atoms with van der Waals surface area (Å²) in [4.78, 5) is 24.4. The van der Waals surface area contributed by atoms with Crippen molar-refractivity contribution in [1.29, 1.82) is 0 Å². The van der Waals surface area contributed by atoms with E-state index in [0.717, 1.165) is 0 Å². The molecule has 134 valence electrons. The molecule has 5 nitrogen and oxygen atoms in total. The van der Waals surface area contributed by atoms with E-state index in [-0.39, 0.29) is 21.7 Å². The van der Waals surface area contributed by atoms with Crippen LogP contribution in [0.15, 0.2) is 40.7 Å². The lowest BCUT2D eigenvalue weighted by molar-refractivity contribution is -0.143. The number of carbonyl (C=O) groups is 2. The van der Waals surface area contributed by atoms with E-state index in [2.05, 4.69) is 5.32 Å². The summed E-state index contributed by atoms with van der Waals surface area (Å²) < 4.78 is 19.8. The molecule has 0 fully saturated rings. The van der Waals surface area contributed by atoms with Gasteiger partial charge in [-0.15, -0.1) is 0 Å². The molecule has 0 amide bonds. The fourth-order valence-electron chi connectivity index (χ4n) is 2.90. The molecule has 1 heterocycles. The highest BCUT2D eigenvalue weighted by Crippen LogP contribution is 2.42. The third kappa shape index (κ3) is 3.69. The maximum absolute atomic E-state index is 14.5. The van der Waals surface area contributed by atoms with Crippen molar-refractivity contribution in [3.8, 4) is 0 Å². The van der Waals surface area contributed by atoms with Crippen molar-refractivity contribution in [2.75, 3.05) is 0 Å². The summed E-state index contributed by atoms with van der Waals surface area (Å²) in [5.41, 5.74) is 0.544. The smallest absolute Gasteiger partial charge is 0.337 e. The van der Waals surface area contributed by atoms with Crippen LogP contribution in [0.4, 0.5) is 4.39 Å². The second-order valence-electron chi connectivity index (χ2n) is 6.03. The average Bonchev–Trinajstić information content (AvgIpc) is 2.45. The lowest BCUT2D eigenvalue weighted by Crippen LogP contribution is -2.33. The second-order valence-corrected chi connectivity index (χ2v) is 6.44. The number of dihydropyridines is 1. The van der Waals surface area contributed by atoms with Gasteiger partial charge < -0.3 is 15.2 Å². The van der Waals surface area contributed by atoms with Crippen molar-refractivity contribution in [3.05, 3.63) is 57.1 Å². The number of halogens is 2. The van der Waals surface area contributed by atoms with Crippen molar-refractivity contribution in [2.45, 2.75) is 39.7 Å². The molecule has 1 aliphatic rings. The van der Waals surface area contributed by atoms with E-state index in [9.17, 15) is 19.1 Å². The van der Waals surface area contributed by atoms with E-state index in [0.29, 0.717) is 11.4 Å². The Kier molecular flexibility index (Phi) is 5.52. The zero-order chi connectivity index (χ0) is 18.9. The van der Waals surface area contributed by atoms with Gasteiger partial charge in [-0.1, -0.05) is 17.7 Å². The van der Waals surface area contributed by atoms with Gasteiger partial charge in [0, 0.05) is 22.0 Å². The van der Waals surface area contributed by atoms with Gasteiger partial charge in [-0.05, 0) is 39.8 Å². The van der Waals surface area contributed by atoms with Crippen molar-refractivity contribution < 1.29 is 23.8 Å². The van der Waals surface area contributed by atoms with Crippen LogP contribution >= 0.6 is 11.6 Å². The molecule has 0 saturated carbocycles. The summed E-state index contributed by atoms with van der Waals surface area (Å²) >= 11 is 6.15. The van der Waals surface area contributed by atoms with E-state index in [1.54, 1.807) is 27.7 Å². The number of hydrogen-bond acceptors (Lipinski definition) is 4. The van der Waals surface area contributed by atoms with Crippen LogP contribution in [-0.4, -0.2) is 23.1 Å². The highest BCUT2D eigenvalue weighted by molar-refractivity contribution is 6.31. The molecule has 2 rings (SSSR count). The van der Waals surface area contributed by atoms with Gasteiger partial charge in [0.15, 0.2) is 0 Å². The zero-order valence-electron chi connectivity index (χ0n) is 14.3. The van der Waals surface area contributed by atoms with E-state index >= 15 is 0 Å². The third-order valence-electron chi connectivity index (χ3n) is 3.84. The molecule has 7 heteroatoms. The van der Waals surface area contributed by atoms with Gasteiger partial charge >= 0.3 is 11.9 Å². The molecule has 1 aromatic rings. The fraction of sp³-hybridized carbons (Fsp3) is 0.333. The van der Waals surface area contributed by atoms with Gasteiger partial charge in [-0.3, -0.25) is 0 Å². The van der Waals surface area contributed by atoms with Gasteiger partial charge in [-0.2, -0.15) is 0 Å². The van der Waals surface area contributed by atoms with Crippen LogP contribution < -0.4 is 5.32 Å². The summed E-state index contributed by atoms with van der Waals surface area (Å²) in [6.45, 7) is 6.52. The summed E-state index contributed by atoms with van der Waals surface area (Å²) in [6.07, 6.45) is -0.412. The topological polar surface area (TPSA) is 75.6 Å². The molecule has 0 saturated heterocycles. The Hall–Kier alpha value is -2.34. The number of nitrogens with one attached hydrogen (secondary N) is 1. The Bertz CT molecular complexity index is 778. The minimum Gasteiger partial charge on any atom is -0.478 e. The highest BCUT2D eigenvalue weighted by Gasteiger charge is 2.39. The Labute approximate surface area is 150 Å². The number of carboxylic acids is 1. The molecule has 2 N–H and O–H groups in total. The number of hydrogen-bond donors (Lipinski definition) is 2. The molecule has 1 aromatic carbocycles. The van der Waals surface area contributed by atoms with Gasteiger partial charge in [-0.25, -0.2) is 14.0 Å². The van der Waals surface area contributed by atoms with Crippen LogP contribution in [0.3, 0.4) is 0 Å². The number of ether oxygens (including phenoxy) is 1. The Morgan fingerprint density at radius 2 is 1.84 bits per heavy atom. The Morgan fingerprint density at radius 1 is 1.24 bits per heavy atom. The molecule has 1 atom stereocenters. The minimum atomic E-state index is -1.27. The SMILES string of the molecule is CC1=C(C(=O)O)C(c2c(F)cccc2Cl)C(C(=O)OC(C)C)=C(C)N1. The molecule has 0 bridgehead atoms. The first-order chi connectivity index (χ1) is 11.6. The van der Waals surface area contributed by atoms with Crippen LogP contribution in [0.2, 0.25) is 5.02 Å². The third-order valence-corrected chi connectivity index (χ3v) is 4.17. The number of benzene rings is 1. The highest BCUT2D eigenvalue weighted by atomic mass is 35.5. The lowest BCUT2D eigenvalue weighted by Gasteiger charge is -2.30. The number of rotatable bonds is 4. The summed E-state index contributed by atoms with van der Waals surface area (Å²) in [5.74, 6) is -3.83. The predicted octanol–water partition coefficient (Wildman–Crippen LogP) is 3.75. The van der Waals surface area contributed by atoms with Gasteiger partial charge in [0.2, 0.25) is 0 Å². The van der Waals surface area contributed by atoms with Crippen molar-refractivity contribution in [3.63, 3.8) is 0 Å². The molecule has 1 aliphatic heterocycles. The van der Waals surface area contributed by atoms with Gasteiger partial charge in [0.1, 0.15) is 5.82 Å². The van der Waals surface area contributed by atoms with Gasteiger partial charge in [0.25, 0.3) is 0 Å². The molecule has 1 unspecified atom stereocenters. The van der Waals surface area contributed by atoms with E-state index in [1.807, 2.05) is 0 Å². The predicted molar refractivity (Wildman–Crippen MR) is 91.6 cm³/mol. The zero-order valence-corrected chi connectivity index (χ0v) is 15.1.